The third-order valence-electron chi connectivity index (χ3n) is 4.10. The number of nitrogens with one attached hydrogen (secondary N) is 2. The molecule has 0 radical (unpaired) electrons. The molecule has 7 heteroatoms. The van der Waals surface area contributed by atoms with E-state index in [1.54, 1.807) is 6.92 Å². The first kappa shape index (κ1) is 19.4. The first-order chi connectivity index (χ1) is 11.8. The van der Waals surface area contributed by atoms with Crippen molar-refractivity contribution in [3.63, 3.8) is 0 Å². The van der Waals surface area contributed by atoms with Gasteiger partial charge >= 0.3 is 0 Å². The molecule has 2 N–H and O–H groups in total. The first-order valence-corrected chi connectivity index (χ1v) is 9.10. The third kappa shape index (κ3) is 3.86. The number of halogens is 1. The molecule has 0 aliphatic carbocycles. The maximum absolute atomic E-state index is 8.16. The van der Waals surface area contributed by atoms with Crippen molar-refractivity contribution < 1.29 is 4.52 Å². The van der Waals surface area contributed by atoms with Crippen LogP contribution in [0.15, 0.2) is 28.2 Å². The number of nitrogens with zero attached hydrogens (tertiary/aromatic N) is 3. The lowest BCUT2D eigenvalue weighted by atomic mass is 10.0. The van der Waals surface area contributed by atoms with Gasteiger partial charge in [0.2, 0.25) is 0 Å². The molecule has 25 heavy (non-hydrogen) atoms. The average molecular weight is 453 g/mol. The summed E-state index contributed by atoms with van der Waals surface area (Å²) in [6, 6.07) is 2.09. The molecule has 0 unspecified atom stereocenters. The van der Waals surface area contributed by atoms with Gasteiger partial charge in [0.05, 0.1) is 51.3 Å². The highest BCUT2D eigenvalue weighted by Crippen LogP contribution is 2.34. The van der Waals surface area contributed by atoms with E-state index >= 15 is 0 Å². The predicted molar refractivity (Wildman–Crippen MR) is 110 cm³/mol. The summed E-state index contributed by atoms with van der Waals surface area (Å²) in [6.45, 7) is 9.68. The van der Waals surface area contributed by atoms with Gasteiger partial charge in [-0.05, 0) is 40.2 Å². The lowest BCUT2D eigenvalue weighted by Gasteiger charge is -2.24. The summed E-state index contributed by atoms with van der Waals surface area (Å²) in [5.41, 5.74) is 7.00. The van der Waals surface area contributed by atoms with E-state index < -0.39 is 0 Å². The van der Waals surface area contributed by atoms with Crippen LogP contribution in [0.1, 0.15) is 37.9 Å². The van der Waals surface area contributed by atoms with Crippen molar-refractivity contribution >= 4 is 34.3 Å². The van der Waals surface area contributed by atoms with Gasteiger partial charge in [-0.25, -0.2) is 0 Å². The molecule has 0 bridgehead atoms. The number of pyridine rings is 1. The van der Waals surface area contributed by atoms with Crippen molar-refractivity contribution in [2.24, 2.45) is 0 Å². The number of aryl methyl sites for hydroxylation is 3. The Labute approximate surface area is 162 Å². The highest BCUT2D eigenvalue weighted by molar-refractivity contribution is 14.1. The van der Waals surface area contributed by atoms with Crippen molar-refractivity contribution in [1.82, 2.24) is 15.5 Å². The van der Waals surface area contributed by atoms with Gasteiger partial charge in [0, 0.05) is 30.1 Å². The zero-order valence-electron chi connectivity index (χ0n) is 15.5. The number of aromatic nitrogens is 2. The Kier molecular flexibility index (Phi) is 6.21. The Balaban J connectivity index is 2.64. The van der Waals surface area contributed by atoms with E-state index in [2.05, 4.69) is 51.3 Å². The summed E-state index contributed by atoms with van der Waals surface area (Å²) in [4.78, 5) is 4.65. The molecule has 2 aromatic rings. The summed E-state index contributed by atoms with van der Waals surface area (Å²) < 4.78 is 7.30. The summed E-state index contributed by atoms with van der Waals surface area (Å²) >= 11 is 2.24. The lowest BCUT2D eigenvalue weighted by molar-refractivity contribution is 0.393. The van der Waals surface area contributed by atoms with Crippen LogP contribution in [-0.4, -0.2) is 22.9 Å². The minimum Gasteiger partial charge on any atom is -0.390 e. The molecule has 0 aliphatic rings. The van der Waals surface area contributed by atoms with E-state index in [0.29, 0.717) is 5.71 Å². The SMILES string of the molecule is CCc1ncc(-c2c(C)noc2C)cc1N(I)/C(C(C)=N)=C(\C)NC. The number of allylic oxidation sites excluding steroid dienone is 2. The maximum atomic E-state index is 8.16. The molecule has 2 heterocycles. The number of anilines is 1. The van der Waals surface area contributed by atoms with Gasteiger partial charge in [0.25, 0.3) is 0 Å². The topological polar surface area (TPSA) is 78.0 Å². The van der Waals surface area contributed by atoms with E-state index in [4.69, 9.17) is 9.93 Å². The molecule has 0 aromatic carbocycles. The molecule has 0 spiro atoms. The van der Waals surface area contributed by atoms with Crippen LogP contribution in [0, 0.1) is 19.3 Å². The fraction of sp³-hybridized carbons (Fsp3) is 0.389. The van der Waals surface area contributed by atoms with Crippen LogP contribution in [0.5, 0.6) is 0 Å². The van der Waals surface area contributed by atoms with E-state index in [9.17, 15) is 0 Å². The van der Waals surface area contributed by atoms with Crippen LogP contribution in [0.3, 0.4) is 0 Å². The normalized spacial score (nSPS) is 12.0. The first-order valence-electron chi connectivity index (χ1n) is 8.14. The molecule has 134 valence electrons. The van der Waals surface area contributed by atoms with E-state index in [1.165, 1.54) is 0 Å². The second kappa shape index (κ2) is 7.99. The molecule has 0 fully saturated rings. The van der Waals surface area contributed by atoms with Crippen LogP contribution in [0.4, 0.5) is 5.69 Å². The molecule has 2 aromatic heterocycles. The van der Waals surface area contributed by atoms with Gasteiger partial charge in [-0.3, -0.25) is 8.10 Å². The third-order valence-corrected chi connectivity index (χ3v) is 5.10. The van der Waals surface area contributed by atoms with E-state index in [1.807, 2.05) is 37.1 Å². The number of rotatable bonds is 6. The summed E-state index contributed by atoms with van der Waals surface area (Å²) in [7, 11) is 1.86. The van der Waals surface area contributed by atoms with Crippen LogP contribution in [0.25, 0.3) is 11.1 Å². The van der Waals surface area contributed by atoms with E-state index in [0.717, 1.165) is 51.8 Å². The monoisotopic (exact) mass is 453 g/mol. The standard InChI is InChI=1S/C18H24IN5O/c1-7-15-16(24(19)18(10(2)20)12(4)21-6)8-14(9-22-15)17-11(3)23-25-13(17)5/h8-9,20-21H,7H2,1-6H3/b18-12+,20-10?. The van der Waals surface area contributed by atoms with Gasteiger partial charge in [0.15, 0.2) is 0 Å². The highest BCUT2D eigenvalue weighted by Gasteiger charge is 2.20. The lowest BCUT2D eigenvalue weighted by Crippen LogP contribution is -2.22. The van der Waals surface area contributed by atoms with Crippen LogP contribution in [-0.2, 0) is 6.42 Å². The van der Waals surface area contributed by atoms with Crippen molar-refractivity contribution in [1.29, 1.82) is 5.41 Å². The Morgan fingerprint density at radius 1 is 1.36 bits per heavy atom. The summed E-state index contributed by atoms with van der Waals surface area (Å²) in [5.74, 6) is 0.778. The molecular weight excluding hydrogens is 429 g/mol. The molecular formula is C18H24IN5O. The Morgan fingerprint density at radius 3 is 2.52 bits per heavy atom. The quantitative estimate of drug-likeness (QED) is 0.381. The van der Waals surface area contributed by atoms with Crippen LogP contribution in [0.2, 0.25) is 0 Å². The largest absolute Gasteiger partial charge is 0.390 e. The molecule has 6 nitrogen and oxygen atoms in total. The van der Waals surface area contributed by atoms with Gasteiger partial charge in [-0.15, -0.1) is 0 Å². The van der Waals surface area contributed by atoms with Crippen molar-refractivity contribution in [3.05, 3.63) is 40.8 Å². The van der Waals surface area contributed by atoms with Crippen molar-refractivity contribution in [2.75, 3.05) is 10.2 Å². The zero-order chi connectivity index (χ0) is 18.7. The molecule has 0 saturated carbocycles. The Morgan fingerprint density at radius 2 is 2.04 bits per heavy atom. The van der Waals surface area contributed by atoms with Crippen molar-refractivity contribution in [3.8, 4) is 11.1 Å². The smallest absolute Gasteiger partial charge is 0.141 e. The second-order valence-electron chi connectivity index (χ2n) is 5.87. The predicted octanol–water partition coefficient (Wildman–Crippen LogP) is 4.56. The molecule has 0 amide bonds. The van der Waals surface area contributed by atoms with E-state index in [-0.39, 0.29) is 0 Å². The second-order valence-corrected chi connectivity index (χ2v) is 6.84. The highest BCUT2D eigenvalue weighted by atomic mass is 127. The molecule has 0 atom stereocenters. The summed E-state index contributed by atoms with van der Waals surface area (Å²) in [5, 5.41) is 15.3. The minimum absolute atomic E-state index is 0.492. The Hall–Kier alpha value is -1.90. The van der Waals surface area contributed by atoms with Crippen molar-refractivity contribution in [2.45, 2.75) is 41.0 Å². The number of hydrogen-bond acceptors (Lipinski definition) is 6. The summed E-state index contributed by atoms with van der Waals surface area (Å²) in [6.07, 6.45) is 2.67. The molecule has 2 rings (SSSR count). The van der Waals surface area contributed by atoms with Crippen LogP contribution >= 0.6 is 22.9 Å². The van der Waals surface area contributed by atoms with Crippen LogP contribution < -0.4 is 8.43 Å². The number of hydrogen-bond donors (Lipinski definition) is 2. The van der Waals surface area contributed by atoms with Gasteiger partial charge < -0.3 is 15.2 Å². The zero-order valence-corrected chi connectivity index (χ0v) is 17.6. The molecule has 0 aliphatic heterocycles. The fourth-order valence-corrected chi connectivity index (χ4v) is 3.91. The fourth-order valence-electron chi connectivity index (χ4n) is 2.77. The average Bonchev–Trinajstić information content (AvgIpc) is 2.92. The van der Waals surface area contributed by atoms with Gasteiger partial charge in [-0.2, -0.15) is 0 Å². The van der Waals surface area contributed by atoms with Gasteiger partial charge in [-0.1, -0.05) is 12.1 Å². The Bertz CT molecular complexity index is 805. The maximum Gasteiger partial charge on any atom is 0.141 e. The molecule has 0 saturated heterocycles. The van der Waals surface area contributed by atoms with Gasteiger partial charge in [0.1, 0.15) is 5.76 Å². The minimum atomic E-state index is 0.492.